The van der Waals surface area contributed by atoms with Crippen LogP contribution in [0, 0.1) is 5.92 Å². The van der Waals surface area contributed by atoms with Gasteiger partial charge in [0.25, 0.3) is 5.91 Å². The van der Waals surface area contributed by atoms with Gasteiger partial charge in [0.05, 0.1) is 24.1 Å². The van der Waals surface area contributed by atoms with Crippen molar-refractivity contribution < 1.29 is 9.90 Å². The minimum atomic E-state index is -0.263. The van der Waals surface area contributed by atoms with Crippen molar-refractivity contribution in [2.45, 2.75) is 25.4 Å². The van der Waals surface area contributed by atoms with Gasteiger partial charge in [0, 0.05) is 19.5 Å². The first-order valence-corrected chi connectivity index (χ1v) is 5.88. The van der Waals surface area contributed by atoms with E-state index in [1.165, 1.54) is 12.4 Å². The van der Waals surface area contributed by atoms with Crippen LogP contribution >= 0.6 is 0 Å². The van der Waals surface area contributed by atoms with Crippen LogP contribution in [0.1, 0.15) is 29.6 Å². The lowest BCUT2D eigenvalue weighted by atomic mass is 10.1. The summed E-state index contributed by atoms with van der Waals surface area (Å²) in [5.74, 6) is 0.137. The lowest BCUT2D eigenvalue weighted by Gasteiger charge is -2.23. The van der Waals surface area contributed by atoms with Gasteiger partial charge in [0.1, 0.15) is 0 Å². The van der Waals surface area contributed by atoms with Crippen LogP contribution in [0.5, 0.6) is 0 Å². The molecule has 1 fully saturated rings. The van der Waals surface area contributed by atoms with Gasteiger partial charge in [-0.15, -0.1) is 0 Å². The average molecular weight is 235 g/mol. The highest BCUT2D eigenvalue weighted by atomic mass is 16.3. The largest absolute Gasteiger partial charge is 0.393 e. The number of carbonyl (C=O) groups is 1. The predicted molar refractivity (Wildman–Crippen MR) is 62.3 cm³/mol. The van der Waals surface area contributed by atoms with Crippen LogP contribution < -0.4 is 0 Å². The van der Waals surface area contributed by atoms with E-state index < -0.39 is 0 Å². The Bertz CT molecular complexity index is 383. The lowest BCUT2D eigenvalue weighted by Crippen LogP contribution is -2.34. The molecule has 1 aromatic rings. The predicted octanol–water partition coefficient (Wildman–Crippen LogP) is 0.710. The molecular weight excluding hydrogens is 218 g/mol. The number of hydrogen-bond donors (Lipinski definition) is 1. The first kappa shape index (κ1) is 12.0. The van der Waals surface area contributed by atoms with Crippen LogP contribution in [0.15, 0.2) is 18.5 Å². The molecule has 17 heavy (non-hydrogen) atoms. The number of carbonyl (C=O) groups excluding carboxylic acids is 1. The van der Waals surface area contributed by atoms with E-state index in [2.05, 4.69) is 10.2 Å². The van der Waals surface area contributed by atoms with Gasteiger partial charge in [-0.1, -0.05) is 6.42 Å². The third-order valence-electron chi connectivity index (χ3n) is 3.31. The van der Waals surface area contributed by atoms with Crippen molar-refractivity contribution in [3.63, 3.8) is 0 Å². The molecule has 1 amide bonds. The minimum absolute atomic E-state index is 0.0704. The lowest BCUT2D eigenvalue weighted by molar-refractivity contribution is 0.0693. The number of hydrogen-bond acceptors (Lipinski definition) is 4. The monoisotopic (exact) mass is 235 g/mol. The summed E-state index contributed by atoms with van der Waals surface area (Å²) in [7, 11) is 1.76. The number of nitrogens with zero attached hydrogens (tertiary/aromatic N) is 3. The fraction of sp³-hybridized carbons (Fsp3) is 0.583. The normalized spacial score (nSPS) is 23.6. The molecule has 5 nitrogen and oxygen atoms in total. The Morgan fingerprint density at radius 3 is 2.94 bits per heavy atom. The quantitative estimate of drug-likeness (QED) is 0.838. The highest BCUT2D eigenvalue weighted by Gasteiger charge is 2.27. The van der Waals surface area contributed by atoms with Crippen LogP contribution in [0.2, 0.25) is 0 Å². The number of aliphatic hydroxyl groups is 1. The van der Waals surface area contributed by atoms with E-state index >= 15 is 0 Å². The molecule has 92 valence electrons. The molecular formula is C12H17N3O2. The van der Waals surface area contributed by atoms with Gasteiger partial charge in [0.2, 0.25) is 0 Å². The van der Waals surface area contributed by atoms with E-state index in [-0.39, 0.29) is 17.9 Å². The van der Waals surface area contributed by atoms with Crippen molar-refractivity contribution in [2.24, 2.45) is 5.92 Å². The Morgan fingerprint density at radius 1 is 1.53 bits per heavy atom. The molecule has 1 heterocycles. The maximum atomic E-state index is 12.0. The number of aliphatic hydroxyl groups excluding tert-OH is 1. The SMILES string of the molecule is CN(CC1CCCC1O)C(=O)c1ccnnc1. The van der Waals surface area contributed by atoms with E-state index in [9.17, 15) is 9.90 Å². The summed E-state index contributed by atoms with van der Waals surface area (Å²) >= 11 is 0. The van der Waals surface area contributed by atoms with Gasteiger partial charge < -0.3 is 10.0 Å². The van der Waals surface area contributed by atoms with Crippen molar-refractivity contribution in [3.8, 4) is 0 Å². The molecule has 0 aromatic carbocycles. The summed E-state index contributed by atoms with van der Waals surface area (Å²) in [4.78, 5) is 13.7. The van der Waals surface area contributed by atoms with Crippen molar-refractivity contribution in [1.82, 2.24) is 15.1 Å². The molecule has 2 unspecified atom stereocenters. The van der Waals surface area contributed by atoms with Crippen molar-refractivity contribution in [3.05, 3.63) is 24.0 Å². The molecule has 1 aromatic heterocycles. The molecule has 0 saturated heterocycles. The van der Waals surface area contributed by atoms with Gasteiger partial charge in [0.15, 0.2) is 0 Å². The van der Waals surface area contributed by atoms with E-state index in [0.717, 1.165) is 19.3 Å². The smallest absolute Gasteiger partial charge is 0.255 e. The second-order valence-corrected chi connectivity index (χ2v) is 4.58. The minimum Gasteiger partial charge on any atom is -0.393 e. The Balaban J connectivity index is 1.96. The highest BCUT2D eigenvalue weighted by molar-refractivity contribution is 5.93. The second kappa shape index (κ2) is 5.23. The van der Waals surface area contributed by atoms with Crippen LogP contribution in [0.25, 0.3) is 0 Å². The first-order valence-electron chi connectivity index (χ1n) is 5.88. The Kier molecular flexibility index (Phi) is 3.68. The first-order chi connectivity index (χ1) is 8.18. The van der Waals surface area contributed by atoms with Crippen LogP contribution in [-0.4, -0.2) is 45.8 Å². The molecule has 1 aliphatic carbocycles. The summed E-state index contributed by atoms with van der Waals surface area (Å²) in [5, 5.41) is 17.1. The molecule has 2 atom stereocenters. The zero-order valence-electron chi connectivity index (χ0n) is 9.91. The Labute approximate surface area is 100 Å². The van der Waals surface area contributed by atoms with E-state index in [1.807, 2.05) is 0 Å². The summed E-state index contributed by atoms with van der Waals surface area (Å²) in [6.45, 7) is 0.600. The number of rotatable bonds is 3. The summed E-state index contributed by atoms with van der Waals surface area (Å²) in [6, 6.07) is 1.65. The molecule has 1 N–H and O–H groups in total. The zero-order valence-corrected chi connectivity index (χ0v) is 9.91. The van der Waals surface area contributed by atoms with E-state index in [4.69, 9.17) is 0 Å². The molecule has 0 spiro atoms. The molecule has 1 saturated carbocycles. The standard InChI is InChI=1S/C12H17N3O2/c1-15(8-10-3-2-4-11(10)16)12(17)9-5-6-13-14-7-9/h5-7,10-11,16H,2-4,8H2,1H3. The van der Waals surface area contributed by atoms with Crippen molar-refractivity contribution >= 4 is 5.91 Å². The van der Waals surface area contributed by atoms with E-state index in [0.29, 0.717) is 12.1 Å². The highest BCUT2D eigenvalue weighted by Crippen LogP contribution is 2.26. The summed E-state index contributed by atoms with van der Waals surface area (Å²) in [5.41, 5.74) is 0.537. The van der Waals surface area contributed by atoms with Gasteiger partial charge in [-0.05, 0) is 18.9 Å². The zero-order chi connectivity index (χ0) is 12.3. The van der Waals surface area contributed by atoms with Crippen LogP contribution in [0.4, 0.5) is 0 Å². The third kappa shape index (κ3) is 2.79. The molecule has 0 aliphatic heterocycles. The molecule has 0 radical (unpaired) electrons. The van der Waals surface area contributed by atoms with Crippen molar-refractivity contribution in [1.29, 1.82) is 0 Å². The van der Waals surface area contributed by atoms with Gasteiger partial charge >= 0.3 is 0 Å². The topological polar surface area (TPSA) is 66.3 Å². The van der Waals surface area contributed by atoms with Gasteiger partial charge in [-0.3, -0.25) is 4.79 Å². The Hall–Kier alpha value is -1.49. The molecule has 1 aliphatic rings. The number of amides is 1. The Morgan fingerprint density at radius 2 is 2.35 bits per heavy atom. The van der Waals surface area contributed by atoms with Crippen LogP contribution in [-0.2, 0) is 0 Å². The molecule has 5 heteroatoms. The van der Waals surface area contributed by atoms with Crippen molar-refractivity contribution in [2.75, 3.05) is 13.6 Å². The third-order valence-corrected chi connectivity index (χ3v) is 3.31. The van der Waals surface area contributed by atoms with Gasteiger partial charge in [-0.25, -0.2) is 0 Å². The summed E-state index contributed by atoms with van der Waals surface area (Å²) < 4.78 is 0. The van der Waals surface area contributed by atoms with Gasteiger partial charge in [-0.2, -0.15) is 10.2 Å². The van der Waals surface area contributed by atoms with Crippen LogP contribution in [0.3, 0.4) is 0 Å². The molecule has 2 rings (SSSR count). The summed E-state index contributed by atoms with van der Waals surface area (Å²) in [6.07, 6.45) is 5.59. The maximum Gasteiger partial charge on any atom is 0.255 e. The number of aromatic nitrogens is 2. The molecule has 0 bridgehead atoms. The average Bonchev–Trinajstić information content (AvgIpc) is 2.75. The fourth-order valence-corrected chi connectivity index (χ4v) is 2.30. The second-order valence-electron chi connectivity index (χ2n) is 4.58. The van der Waals surface area contributed by atoms with E-state index in [1.54, 1.807) is 18.0 Å². The maximum absolute atomic E-state index is 12.0. The fourth-order valence-electron chi connectivity index (χ4n) is 2.30.